The maximum absolute atomic E-state index is 13.8. The smallest absolute Gasteiger partial charge is 0.265 e. The van der Waals surface area contributed by atoms with Gasteiger partial charge in [0.25, 0.3) is 5.91 Å². The highest BCUT2D eigenvalue weighted by Crippen LogP contribution is 2.37. The zero-order chi connectivity index (χ0) is 29.0. The molecule has 2 aromatic rings. The fourth-order valence-corrected chi connectivity index (χ4v) is 8.47. The second kappa shape index (κ2) is 12.5. The van der Waals surface area contributed by atoms with Crippen LogP contribution < -0.4 is 15.7 Å². The van der Waals surface area contributed by atoms with E-state index in [-0.39, 0.29) is 35.6 Å². The highest BCUT2D eigenvalue weighted by Gasteiger charge is 2.52. The number of fused-ring (bicyclic) bond motifs is 1. The molecule has 0 spiro atoms. The topological polar surface area (TPSA) is 128 Å². The number of piperidine rings is 2. The summed E-state index contributed by atoms with van der Waals surface area (Å²) in [6.07, 6.45) is 3.37. The van der Waals surface area contributed by atoms with Gasteiger partial charge in [-0.3, -0.25) is 14.8 Å². The van der Waals surface area contributed by atoms with Crippen LogP contribution in [0.4, 0.5) is 5.69 Å². The lowest BCUT2D eigenvalue weighted by Gasteiger charge is -2.39. The van der Waals surface area contributed by atoms with Crippen molar-refractivity contribution in [3.8, 4) is 0 Å². The standard InChI is InChI=1S/C30H40N4O6S/c1-40-19-18-33-16-12-30(13-17-33,29(36)32-37)41(38,39)27-8-6-26(7-9-27)34-14-10-22(11-15-34)28(35)31-25-20-23-4-2-3-5-24(23)21-25/h2-9,22,25,37H,10-21H2,1H3,(H,31,35)(H,32,36). The fourth-order valence-electron chi connectivity index (χ4n) is 6.52. The predicted molar refractivity (Wildman–Crippen MR) is 155 cm³/mol. The molecule has 2 aromatic carbocycles. The van der Waals surface area contributed by atoms with E-state index in [0.29, 0.717) is 39.3 Å². The first-order chi connectivity index (χ1) is 19.8. The number of anilines is 1. The Labute approximate surface area is 241 Å². The van der Waals surface area contributed by atoms with Crippen LogP contribution in [0, 0.1) is 5.92 Å². The van der Waals surface area contributed by atoms with Gasteiger partial charge in [-0.05, 0) is 73.9 Å². The molecule has 11 heteroatoms. The van der Waals surface area contributed by atoms with Crippen molar-refractivity contribution in [2.45, 2.75) is 54.2 Å². The van der Waals surface area contributed by atoms with E-state index < -0.39 is 20.5 Å². The van der Waals surface area contributed by atoms with E-state index in [1.807, 2.05) is 12.1 Å². The molecule has 2 fully saturated rings. The van der Waals surface area contributed by atoms with Crippen molar-refractivity contribution in [3.05, 3.63) is 59.7 Å². The van der Waals surface area contributed by atoms with Crippen LogP contribution in [0.5, 0.6) is 0 Å². The Morgan fingerprint density at radius 1 is 0.976 bits per heavy atom. The number of methoxy groups -OCH3 is 1. The molecule has 0 unspecified atom stereocenters. The summed E-state index contributed by atoms with van der Waals surface area (Å²) in [5, 5.41) is 12.7. The molecular formula is C30H40N4O6S. The van der Waals surface area contributed by atoms with Crippen molar-refractivity contribution in [1.29, 1.82) is 0 Å². The van der Waals surface area contributed by atoms with Crippen molar-refractivity contribution in [3.63, 3.8) is 0 Å². The minimum Gasteiger partial charge on any atom is -0.383 e. The molecule has 3 aliphatic rings. The molecule has 0 aromatic heterocycles. The van der Waals surface area contributed by atoms with Crippen molar-refractivity contribution < 1.29 is 28.0 Å². The summed E-state index contributed by atoms with van der Waals surface area (Å²) in [6, 6.07) is 15.1. The summed E-state index contributed by atoms with van der Waals surface area (Å²) in [4.78, 5) is 30.0. The Balaban J connectivity index is 1.19. The molecule has 5 rings (SSSR count). The summed E-state index contributed by atoms with van der Waals surface area (Å²) >= 11 is 0. The van der Waals surface area contributed by atoms with Crippen LogP contribution in [0.15, 0.2) is 53.4 Å². The molecule has 2 heterocycles. The molecule has 10 nitrogen and oxygen atoms in total. The summed E-state index contributed by atoms with van der Waals surface area (Å²) in [5.41, 5.74) is 5.12. The number of ether oxygens (including phenoxy) is 1. The van der Waals surface area contributed by atoms with Gasteiger partial charge in [-0.2, -0.15) is 0 Å². The molecule has 2 aliphatic heterocycles. The third-order valence-electron chi connectivity index (χ3n) is 9.08. The first-order valence-electron chi connectivity index (χ1n) is 14.4. The van der Waals surface area contributed by atoms with Crippen LogP contribution in [0.2, 0.25) is 0 Å². The molecule has 0 radical (unpaired) electrons. The number of hydrogen-bond acceptors (Lipinski definition) is 8. The molecule has 222 valence electrons. The monoisotopic (exact) mass is 584 g/mol. The van der Waals surface area contributed by atoms with Gasteiger partial charge in [0.2, 0.25) is 5.91 Å². The lowest BCUT2D eigenvalue weighted by Crippen LogP contribution is -2.58. The predicted octanol–water partition coefficient (Wildman–Crippen LogP) is 1.95. The lowest BCUT2D eigenvalue weighted by atomic mass is 9.95. The Morgan fingerprint density at radius 3 is 2.15 bits per heavy atom. The largest absolute Gasteiger partial charge is 0.383 e. The molecule has 2 amide bonds. The number of carbonyl (C=O) groups is 2. The van der Waals surface area contributed by atoms with Gasteiger partial charge in [0.15, 0.2) is 14.6 Å². The normalized spacial score (nSPS) is 20.0. The number of rotatable bonds is 9. The van der Waals surface area contributed by atoms with Gasteiger partial charge < -0.3 is 19.9 Å². The highest BCUT2D eigenvalue weighted by atomic mass is 32.2. The Kier molecular flexibility index (Phi) is 8.98. The van der Waals surface area contributed by atoms with Crippen LogP contribution >= 0.6 is 0 Å². The molecule has 0 bridgehead atoms. The Morgan fingerprint density at radius 2 is 1.59 bits per heavy atom. The molecule has 41 heavy (non-hydrogen) atoms. The Hall–Kier alpha value is -2.99. The van der Waals surface area contributed by atoms with Crippen molar-refractivity contribution in [2.75, 3.05) is 51.3 Å². The molecule has 2 saturated heterocycles. The molecule has 0 atom stereocenters. The number of benzene rings is 2. The van der Waals surface area contributed by atoms with Crippen molar-refractivity contribution in [1.82, 2.24) is 15.7 Å². The van der Waals surface area contributed by atoms with Gasteiger partial charge in [0, 0.05) is 57.5 Å². The van der Waals surface area contributed by atoms with E-state index in [0.717, 1.165) is 31.4 Å². The quantitative estimate of drug-likeness (QED) is 0.302. The van der Waals surface area contributed by atoms with Crippen LogP contribution in [-0.2, 0) is 37.0 Å². The van der Waals surface area contributed by atoms with Crippen LogP contribution in [-0.4, -0.2) is 87.6 Å². The first kappa shape index (κ1) is 29.5. The number of nitrogens with one attached hydrogen (secondary N) is 2. The van der Waals surface area contributed by atoms with Crippen molar-refractivity contribution in [2.24, 2.45) is 5.92 Å². The van der Waals surface area contributed by atoms with Gasteiger partial charge in [0.1, 0.15) is 0 Å². The summed E-state index contributed by atoms with van der Waals surface area (Å²) < 4.78 is 30.9. The van der Waals surface area contributed by atoms with Crippen LogP contribution in [0.3, 0.4) is 0 Å². The van der Waals surface area contributed by atoms with E-state index in [2.05, 4.69) is 27.2 Å². The number of sulfone groups is 1. The SMILES string of the molecule is COCCN1CCC(C(=O)NO)(S(=O)(=O)c2ccc(N3CCC(C(=O)NC4Cc5ccccc5C4)CC3)cc2)CC1. The summed E-state index contributed by atoms with van der Waals surface area (Å²) in [6.45, 7) is 3.38. The Bertz CT molecular complexity index is 1310. The van der Waals surface area contributed by atoms with Gasteiger partial charge in [-0.1, -0.05) is 24.3 Å². The molecular weight excluding hydrogens is 544 g/mol. The van der Waals surface area contributed by atoms with E-state index in [1.54, 1.807) is 36.9 Å². The second-order valence-corrected chi connectivity index (χ2v) is 13.7. The zero-order valence-corrected chi connectivity index (χ0v) is 24.4. The summed E-state index contributed by atoms with van der Waals surface area (Å²) in [5.74, 6) is -0.819. The average Bonchev–Trinajstić information content (AvgIpc) is 3.42. The fraction of sp³-hybridized carbons (Fsp3) is 0.533. The number of hydrogen-bond donors (Lipinski definition) is 3. The second-order valence-electron chi connectivity index (χ2n) is 11.4. The maximum Gasteiger partial charge on any atom is 0.265 e. The first-order valence-corrected chi connectivity index (χ1v) is 15.9. The van der Waals surface area contributed by atoms with Gasteiger partial charge >= 0.3 is 0 Å². The van der Waals surface area contributed by atoms with Crippen LogP contribution in [0.1, 0.15) is 36.8 Å². The van der Waals surface area contributed by atoms with E-state index in [9.17, 15) is 23.2 Å². The molecule has 0 saturated carbocycles. The van der Waals surface area contributed by atoms with E-state index in [4.69, 9.17) is 4.74 Å². The molecule has 3 N–H and O–H groups in total. The minimum absolute atomic E-state index is 0.0405. The lowest BCUT2D eigenvalue weighted by molar-refractivity contribution is -0.133. The number of likely N-dealkylation sites (tertiary alicyclic amines) is 1. The third kappa shape index (κ3) is 5.99. The zero-order valence-electron chi connectivity index (χ0n) is 23.5. The van der Waals surface area contributed by atoms with Crippen LogP contribution in [0.25, 0.3) is 0 Å². The number of amides is 2. The molecule has 1 aliphatic carbocycles. The van der Waals surface area contributed by atoms with Gasteiger partial charge in [-0.25, -0.2) is 13.9 Å². The average molecular weight is 585 g/mol. The number of nitrogens with zero attached hydrogens (tertiary/aromatic N) is 2. The minimum atomic E-state index is -4.08. The maximum atomic E-state index is 13.8. The summed E-state index contributed by atoms with van der Waals surface area (Å²) in [7, 11) is -2.47. The third-order valence-corrected chi connectivity index (χ3v) is 11.6. The number of carbonyl (C=O) groups excluding carboxylic acids is 2. The van der Waals surface area contributed by atoms with E-state index in [1.165, 1.54) is 11.1 Å². The number of hydroxylamine groups is 1. The van der Waals surface area contributed by atoms with E-state index >= 15 is 0 Å². The highest BCUT2D eigenvalue weighted by molar-refractivity contribution is 7.93. The van der Waals surface area contributed by atoms with Gasteiger partial charge in [0.05, 0.1) is 11.5 Å². The van der Waals surface area contributed by atoms with Gasteiger partial charge in [-0.15, -0.1) is 0 Å². The van der Waals surface area contributed by atoms with Crippen molar-refractivity contribution >= 4 is 27.3 Å².